The third kappa shape index (κ3) is 3.82. The van der Waals surface area contributed by atoms with E-state index in [0.29, 0.717) is 5.56 Å². The number of aromatic nitrogens is 2. The molecule has 0 radical (unpaired) electrons. The van der Waals surface area contributed by atoms with E-state index in [4.69, 9.17) is 10.9 Å². The molecular formula is C12H13BrN4O3S. The van der Waals surface area contributed by atoms with Gasteiger partial charge in [-0.2, -0.15) is 5.10 Å². The van der Waals surface area contributed by atoms with Crippen LogP contribution in [0.1, 0.15) is 5.56 Å². The minimum Gasteiger partial charge on any atom is -0.409 e. The zero-order valence-corrected chi connectivity index (χ0v) is 13.2. The topological polar surface area (TPSA) is 111 Å². The van der Waals surface area contributed by atoms with Crippen molar-refractivity contribution in [3.8, 4) is 0 Å². The Kier molecular flexibility index (Phi) is 4.63. The van der Waals surface area contributed by atoms with Crippen molar-refractivity contribution in [1.29, 1.82) is 0 Å². The molecule has 3 N–H and O–H groups in total. The van der Waals surface area contributed by atoms with E-state index >= 15 is 0 Å². The first-order chi connectivity index (χ1) is 9.92. The van der Waals surface area contributed by atoms with Gasteiger partial charge < -0.3 is 10.9 Å². The van der Waals surface area contributed by atoms with Gasteiger partial charge in [-0.05, 0) is 28.1 Å². The van der Waals surface area contributed by atoms with Gasteiger partial charge in [0.2, 0.25) is 0 Å². The van der Waals surface area contributed by atoms with E-state index in [0.717, 1.165) is 4.47 Å². The van der Waals surface area contributed by atoms with Gasteiger partial charge in [-0.25, -0.2) is 8.42 Å². The van der Waals surface area contributed by atoms with E-state index in [1.54, 1.807) is 24.5 Å². The number of rotatable bonds is 5. The summed E-state index contributed by atoms with van der Waals surface area (Å²) in [6.07, 6.45) is 3.29. The van der Waals surface area contributed by atoms with Crippen LogP contribution in [0, 0.1) is 0 Å². The zero-order chi connectivity index (χ0) is 15.5. The molecule has 0 spiro atoms. The number of hydrogen-bond acceptors (Lipinski definition) is 5. The van der Waals surface area contributed by atoms with Crippen LogP contribution in [0.15, 0.2) is 51.2 Å². The highest BCUT2D eigenvalue weighted by atomic mass is 79.9. The molecule has 0 amide bonds. The van der Waals surface area contributed by atoms with Crippen LogP contribution < -0.4 is 5.73 Å². The first-order valence-electron chi connectivity index (χ1n) is 5.91. The van der Waals surface area contributed by atoms with Gasteiger partial charge in [0.05, 0.1) is 27.9 Å². The van der Waals surface area contributed by atoms with E-state index in [9.17, 15) is 8.42 Å². The van der Waals surface area contributed by atoms with Crippen LogP contribution >= 0.6 is 15.9 Å². The Bertz CT molecular complexity index is 770. The first-order valence-corrected chi connectivity index (χ1v) is 8.35. The Hall–Kier alpha value is -1.87. The molecular weight excluding hydrogens is 360 g/mol. The normalized spacial score (nSPS) is 12.5. The second-order valence-electron chi connectivity index (χ2n) is 4.25. The first kappa shape index (κ1) is 15.5. The SMILES string of the molecule is N/C(=N/O)c1cccc(S(=O)(=O)CCn2cc(Br)cn2)c1. The molecule has 7 nitrogen and oxygen atoms in total. The summed E-state index contributed by atoms with van der Waals surface area (Å²) in [6, 6.07) is 5.97. The van der Waals surface area contributed by atoms with Gasteiger partial charge in [0.15, 0.2) is 15.7 Å². The number of amidine groups is 1. The summed E-state index contributed by atoms with van der Waals surface area (Å²) in [7, 11) is -3.48. The number of sulfone groups is 1. The largest absolute Gasteiger partial charge is 0.409 e. The molecule has 1 aromatic heterocycles. The van der Waals surface area contributed by atoms with E-state index in [-0.39, 0.29) is 23.0 Å². The van der Waals surface area contributed by atoms with Crippen molar-refractivity contribution >= 4 is 31.6 Å². The maximum Gasteiger partial charge on any atom is 0.180 e. The Balaban J connectivity index is 2.19. The average Bonchev–Trinajstić information content (AvgIpc) is 2.90. The van der Waals surface area contributed by atoms with Crippen molar-refractivity contribution in [3.05, 3.63) is 46.7 Å². The second-order valence-corrected chi connectivity index (χ2v) is 7.28. The quantitative estimate of drug-likeness (QED) is 0.354. The molecule has 0 aliphatic rings. The van der Waals surface area contributed by atoms with Crippen LogP contribution in [0.3, 0.4) is 0 Å². The van der Waals surface area contributed by atoms with E-state index in [1.807, 2.05) is 0 Å². The standard InChI is InChI=1S/C12H13BrN4O3S/c13-10-7-15-17(8-10)4-5-21(19,20)11-3-1-2-9(6-11)12(14)16-18/h1-3,6-8,18H,4-5H2,(H2,14,16). The lowest BCUT2D eigenvalue weighted by Gasteiger charge is -2.06. The van der Waals surface area contributed by atoms with Crippen LogP contribution in [0.2, 0.25) is 0 Å². The maximum absolute atomic E-state index is 12.3. The molecule has 0 atom stereocenters. The average molecular weight is 373 g/mol. The van der Waals surface area contributed by atoms with Crippen LogP contribution in [0.4, 0.5) is 0 Å². The summed E-state index contributed by atoms with van der Waals surface area (Å²) in [6.45, 7) is 0.238. The van der Waals surface area contributed by atoms with Crippen LogP contribution in [-0.2, 0) is 16.4 Å². The third-order valence-corrected chi connectivity index (χ3v) is 4.89. The van der Waals surface area contributed by atoms with Gasteiger partial charge in [-0.1, -0.05) is 17.3 Å². The lowest BCUT2D eigenvalue weighted by Crippen LogP contribution is -2.16. The molecule has 0 bridgehead atoms. The lowest BCUT2D eigenvalue weighted by atomic mass is 10.2. The summed E-state index contributed by atoms with van der Waals surface area (Å²) in [5.74, 6) is -0.233. The van der Waals surface area contributed by atoms with Crippen molar-refractivity contribution in [2.24, 2.45) is 10.9 Å². The third-order valence-electron chi connectivity index (χ3n) is 2.79. The maximum atomic E-state index is 12.3. The highest BCUT2D eigenvalue weighted by Gasteiger charge is 2.16. The number of hydrogen-bond donors (Lipinski definition) is 2. The molecule has 0 unspecified atom stereocenters. The summed E-state index contributed by atoms with van der Waals surface area (Å²) >= 11 is 3.25. The molecule has 0 saturated carbocycles. The van der Waals surface area contributed by atoms with E-state index in [2.05, 4.69) is 26.2 Å². The lowest BCUT2D eigenvalue weighted by molar-refractivity contribution is 0.318. The highest BCUT2D eigenvalue weighted by molar-refractivity contribution is 9.10. The fraction of sp³-hybridized carbons (Fsp3) is 0.167. The summed E-state index contributed by atoms with van der Waals surface area (Å²) < 4.78 is 26.9. The molecule has 1 heterocycles. The predicted octanol–water partition coefficient (Wildman–Crippen LogP) is 1.21. The predicted molar refractivity (Wildman–Crippen MR) is 80.9 cm³/mol. The van der Waals surface area contributed by atoms with E-state index in [1.165, 1.54) is 16.8 Å². The van der Waals surface area contributed by atoms with Crippen molar-refractivity contribution in [2.75, 3.05) is 5.75 Å². The van der Waals surface area contributed by atoms with Crippen molar-refractivity contribution in [3.63, 3.8) is 0 Å². The Morgan fingerprint density at radius 2 is 2.24 bits per heavy atom. The van der Waals surface area contributed by atoms with Crippen molar-refractivity contribution in [1.82, 2.24) is 9.78 Å². The Labute approximate surface area is 130 Å². The number of aryl methyl sites for hydroxylation is 1. The fourth-order valence-electron chi connectivity index (χ4n) is 1.70. The van der Waals surface area contributed by atoms with Crippen LogP contribution in [0.25, 0.3) is 0 Å². The number of benzene rings is 1. The van der Waals surface area contributed by atoms with Crippen molar-refractivity contribution in [2.45, 2.75) is 11.4 Å². The van der Waals surface area contributed by atoms with Crippen LogP contribution in [-0.4, -0.2) is 35.0 Å². The number of nitrogens with zero attached hydrogens (tertiary/aromatic N) is 3. The number of halogens is 1. The summed E-state index contributed by atoms with van der Waals surface area (Å²) in [5, 5.41) is 15.5. The molecule has 0 saturated heterocycles. The molecule has 0 fully saturated rings. The smallest absolute Gasteiger partial charge is 0.180 e. The second kappa shape index (κ2) is 6.27. The molecule has 21 heavy (non-hydrogen) atoms. The molecule has 0 aliphatic carbocycles. The van der Waals surface area contributed by atoms with Gasteiger partial charge in [0, 0.05) is 11.8 Å². The molecule has 1 aromatic carbocycles. The fourth-order valence-corrected chi connectivity index (χ4v) is 3.28. The summed E-state index contributed by atoms with van der Waals surface area (Å²) in [5.41, 5.74) is 5.81. The number of nitrogens with two attached hydrogens (primary N) is 1. The van der Waals surface area contributed by atoms with Gasteiger partial charge in [0.1, 0.15) is 0 Å². The Morgan fingerprint density at radius 1 is 1.48 bits per heavy atom. The minimum absolute atomic E-state index is 0.0965. The van der Waals surface area contributed by atoms with Gasteiger partial charge in [-0.15, -0.1) is 0 Å². The zero-order valence-electron chi connectivity index (χ0n) is 10.8. The van der Waals surface area contributed by atoms with Gasteiger partial charge in [-0.3, -0.25) is 4.68 Å². The number of oxime groups is 1. The van der Waals surface area contributed by atoms with Gasteiger partial charge >= 0.3 is 0 Å². The van der Waals surface area contributed by atoms with Gasteiger partial charge in [0.25, 0.3) is 0 Å². The minimum atomic E-state index is -3.48. The van der Waals surface area contributed by atoms with E-state index < -0.39 is 9.84 Å². The van der Waals surface area contributed by atoms with Crippen LogP contribution in [0.5, 0.6) is 0 Å². The highest BCUT2D eigenvalue weighted by Crippen LogP contribution is 2.14. The molecule has 112 valence electrons. The summed E-state index contributed by atoms with van der Waals surface area (Å²) in [4.78, 5) is 0.123. The molecule has 9 heteroatoms. The molecule has 0 aliphatic heterocycles. The molecule has 2 aromatic rings. The monoisotopic (exact) mass is 372 g/mol. The van der Waals surface area contributed by atoms with Crippen molar-refractivity contribution < 1.29 is 13.6 Å². The molecule has 2 rings (SSSR count). The Morgan fingerprint density at radius 3 is 2.86 bits per heavy atom.